The molecule has 0 bridgehead atoms. The third-order valence-corrected chi connectivity index (χ3v) is 5.96. The maximum atomic E-state index is 13.1. The number of aliphatic carboxylic acids is 1. The lowest BCUT2D eigenvalue weighted by molar-refractivity contribution is -0.149. The standard InChI is InChI=1S/C19H22N2O5/c1-25-14-9-11-8-13(20-12(11)10-15(14)26-2)17(22)21-7-6-19(18(23)24)5-3-4-16(19)21/h8-10,16,20H,3-7H2,1-2H3,(H,23,24)/t16-,19+/m0/s1. The summed E-state index contributed by atoms with van der Waals surface area (Å²) in [5.74, 6) is 0.262. The molecule has 2 N–H and O–H groups in total. The van der Waals surface area contributed by atoms with E-state index in [1.165, 1.54) is 0 Å². The van der Waals surface area contributed by atoms with E-state index in [0.717, 1.165) is 23.7 Å². The van der Waals surface area contributed by atoms with E-state index in [1.54, 1.807) is 31.3 Å². The fourth-order valence-electron chi connectivity index (χ4n) is 4.60. The van der Waals surface area contributed by atoms with Gasteiger partial charge < -0.3 is 24.5 Å². The van der Waals surface area contributed by atoms with Crippen LogP contribution in [0.4, 0.5) is 0 Å². The molecule has 2 aliphatic rings. The van der Waals surface area contributed by atoms with Gasteiger partial charge in [-0.3, -0.25) is 9.59 Å². The number of aromatic nitrogens is 1. The van der Waals surface area contributed by atoms with Gasteiger partial charge in [-0.2, -0.15) is 0 Å². The topological polar surface area (TPSA) is 91.9 Å². The number of carbonyl (C=O) groups excluding carboxylic acids is 1. The number of hydrogen-bond donors (Lipinski definition) is 2. The second-order valence-corrected chi connectivity index (χ2v) is 7.10. The summed E-state index contributed by atoms with van der Waals surface area (Å²) in [6.45, 7) is 0.484. The number of amides is 1. The van der Waals surface area contributed by atoms with Crippen LogP contribution in [-0.4, -0.2) is 53.7 Å². The SMILES string of the molecule is COc1cc2cc(C(=O)N3CC[C@]4(C(=O)O)CCC[C@H]34)[nH]c2cc1OC. The molecule has 138 valence electrons. The minimum atomic E-state index is -0.776. The summed E-state index contributed by atoms with van der Waals surface area (Å²) in [5, 5.41) is 10.5. The molecule has 1 amide bonds. The molecular formula is C19H22N2O5. The van der Waals surface area contributed by atoms with Crippen LogP contribution < -0.4 is 9.47 Å². The molecule has 7 heteroatoms. The van der Waals surface area contributed by atoms with Crippen molar-refractivity contribution in [2.45, 2.75) is 31.7 Å². The Kier molecular flexibility index (Phi) is 3.82. The molecule has 1 aliphatic carbocycles. The van der Waals surface area contributed by atoms with Gasteiger partial charge in [-0.25, -0.2) is 0 Å². The fourth-order valence-corrected chi connectivity index (χ4v) is 4.60. The summed E-state index contributed by atoms with van der Waals surface area (Å²) < 4.78 is 10.6. The molecule has 0 spiro atoms. The molecule has 2 heterocycles. The molecule has 2 atom stereocenters. The van der Waals surface area contributed by atoms with Crippen LogP contribution in [0.25, 0.3) is 10.9 Å². The Labute approximate surface area is 150 Å². The number of H-pyrrole nitrogens is 1. The Bertz CT molecular complexity index is 848. The van der Waals surface area contributed by atoms with E-state index in [4.69, 9.17) is 9.47 Å². The molecule has 0 unspecified atom stereocenters. The summed E-state index contributed by atoms with van der Waals surface area (Å²) in [6.07, 6.45) is 2.78. The smallest absolute Gasteiger partial charge is 0.311 e. The van der Waals surface area contributed by atoms with Crippen molar-refractivity contribution in [1.82, 2.24) is 9.88 Å². The minimum Gasteiger partial charge on any atom is -0.493 e. The van der Waals surface area contributed by atoms with Crippen molar-refractivity contribution in [2.75, 3.05) is 20.8 Å². The molecule has 2 fully saturated rings. The number of carbonyl (C=O) groups is 2. The predicted octanol–water partition coefficient (Wildman–Crippen LogP) is 2.65. The van der Waals surface area contributed by atoms with E-state index in [1.807, 2.05) is 6.07 Å². The highest BCUT2D eigenvalue weighted by Crippen LogP contribution is 2.49. The van der Waals surface area contributed by atoms with E-state index in [-0.39, 0.29) is 11.9 Å². The Balaban J connectivity index is 1.68. The van der Waals surface area contributed by atoms with Crippen LogP contribution in [0.5, 0.6) is 11.5 Å². The Morgan fingerprint density at radius 1 is 1.19 bits per heavy atom. The van der Waals surface area contributed by atoms with Crippen molar-refractivity contribution in [3.63, 3.8) is 0 Å². The largest absolute Gasteiger partial charge is 0.493 e. The van der Waals surface area contributed by atoms with Gasteiger partial charge in [0, 0.05) is 29.6 Å². The molecule has 2 aromatic rings. The summed E-state index contributed by atoms with van der Waals surface area (Å²) in [4.78, 5) is 29.8. The maximum Gasteiger partial charge on any atom is 0.311 e. The van der Waals surface area contributed by atoms with Crippen LogP contribution in [0.15, 0.2) is 18.2 Å². The van der Waals surface area contributed by atoms with E-state index < -0.39 is 11.4 Å². The van der Waals surface area contributed by atoms with Gasteiger partial charge in [-0.15, -0.1) is 0 Å². The molecule has 1 saturated carbocycles. The number of likely N-dealkylation sites (tertiary alicyclic amines) is 1. The number of rotatable bonds is 4. The first-order valence-electron chi connectivity index (χ1n) is 8.79. The first-order valence-corrected chi connectivity index (χ1v) is 8.79. The molecule has 26 heavy (non-hydrogen) atoms. The zero-order valence-corrected chi connectivity index (χ0v) is 14.9. The maximum absolute atomic E-state index is 13.1. The van der Waals surface area contributed by atoms with Crippen LogP contribution >= 0.6 is 0 Å². The van der Waals surface area contributed by atoms with Crippen LogP contribution in [0.1, 0.15) is 36.2 Å². The van der Waals surface area contributed by atoms with Crippen molar-refractivity contribution >= 4 is 22.8 Å². The zero-order chi connectivity index (χ0) is 18.5. The van der Waals surface area contributed by atoms with Crippen molar-refractivity contribution < 1.29 is 24.2 Å². The molecule has 1 aromatic carbocycles. The Hall–Kier alpha value is -2.70. The van der Waals surface area contributed by atoms with Gasteiger partial charge in [0.2, 0.25) is 0 Å². The lowest BCUT2D eigenvalue weighted by atomic mass is 9.82. The summed E-state index contributed by atoms with van der Waals surface area (Å²) in [7, 11) is 3.13. The van der Waals surface area contributed by atoms with E-state index in [2.05, 4.69) is 4.98 Å². The molecular weight excluding hydrogens is 336 g/mol. The van der Waals surface area contributed by atoms with Gasteiger partial charge in [-0.1, -0.05) is 6.42 Å². The van der Waals surface area contributed by atoms with E-state index in [0.29, 0.717) is 36.6 Å². The third-order valence-electron chi connectivity index (χ3n) is 5.96. The predicted molar refractivity (Wildman–Crippen MR) is 94.8 cm³/mol. The van der Waals surface area contributed by atoms with Gasteiger partial charge in [-0.05, 0) is 31.4 Å². The first kappa shape index (κ1) is 16.8. The van der Waals surface area contributed by atoms with E-state index >= 15 is 0 Å². The van der Waals surface area contributed by atoms with Crippen LogP contribution in [0.3, 0.4) is 0 Å². The summed E-state index contributed by atoms with van der Waals surface area (Å²) >= 11 is 0. The average Bonchev–Trinajstić information content (AvgIpc) is 3.32. The number of nitrogens with zero attached hydrogens (tertiary/aromatic N) is 1. The van der Waals surface area contributed by atoms with Crippen molar-refractivity contribution in [3.05, 3.63) is 23.9 Å². The highest BCUT2D eigenvalue weighted by molar-refractivity contribution is 5.99. The fraction of sp³-hybridized carbons (Fsp3) is 0.474. The Morgan fingerprint density at radius 2 is 1.92 bits per heavy atom. The van der Waals surface area contributed by atoms with Gasteiger partial charge in [0.15, 0.2) is 11.5 Å². The van der Waals surface area contributed by atoms with Crippen molar-refractivity contribution in [3.8, 4) is 11.5 Å². The Morgan fingerprint density at radius 3 is 2.62 bits per heavy atom. The van der Waals surface area contributed by atoms with E-state index in [9.17, 15) is 14.7 Å². The molecule has 1 saturated heterocycles. The molecule has 1 aliphatic heterocycles. The number of fused-ring (bicyclic) bond motifs is 2. The van der Waals surface area contributed by atoms with Crippen LogP contribution in [0, 0.1) is 5.41 Å². The van der Waals surface area contributed by atoms with Crippen LogP contribution in [-0.2, 0) is 4.79 Å². The van der Waals surface area contributed by atoms with Gasteiger partial charge in [0.1, 0.15) is 5.69 Å². The number of nitrogens with one attached hydrogen (secondary N) is 1. The third kappa shape index (κ3) is 2.26. The number of carboxylic acid groups (broad SMARTS) is 1. The number of benzene rings is 1. The summed E-state index contributed by atoms with van der Waals surface area (Å²) in [6, 6.07) is 5.19. The van der Waals surface area contributed by atoms with Gasteiger partial charge >= 0.3 is 5.97 Å². The average molecular weight is 358 g/mol. The minimum absolute atomic E-state index is 0.144. The number of aromatic amines is 1. The number of carboxylic acids is 1. The zero-order valence-electron chi connectivity index (χ0n) is 14.9. The highest BCUT2D eigenvalue weighted by atomic mass is 16.5. The summed E-state index contributed by atoms with van der Waals surface area (Å²) in [5.41, 5.74) is 0.471. The number of hydrogen-bond acceptors (Lipinski definition) is 4. The quantitative estimate of drug-likeness (QED) is 0.877. The van der Waals surface area contributed by atoms with Crippen LogP contribution in [0.2, 0.25) is 0 Å². The normalized spacial score (nSPS) is 24.7. The lowest BCUT2D eigenvalue weighted by Gasteiger charge is -2.28. The van der Waals surface area contributed by atoms with Gasteiger partial charge in [0.25, 0.3) is 5.91 Å². The number of methoxy groups -OCH3 is 2. The molecule has 1 aromatic heterocycles. The molecule has 4 rings (SSSR count). The molecule has 7 nitrogen and oxygen atoms in total. The van der Waals surface area contributed by atoms with Crippen molar-refractivity contribution in [1.29, 1.82) is 0 Å². The van der Waals surface area contributed by atoms with Crippen molar-refractivity contribution in [2.24, 2.45) is 5.41 Å². The lowest BCUT2D eigenvalue weighted by Crippen LogP contribution is -2.43. The van der Waals surface area contributed by atoms with Gasteiger partial charge in [0.05, 0.1) is 19.6 Å². The first-order chi connectivity index (χ1) is 12.5. The number of ether oxygens (including phenoxy) is 2. The second kappa shape index (κ2) is 5.93. The highest BCUT2D eigenvalue weighted by Gasteiger charge is 2.56. The molecule has 0 radical (unpaired) electrons. The monoisotopic (exact) mass is 358 g/mol. The second-order valence-electron chi connectivity index (χ2n) is 7.10.